The Morgan fingerprint density at radius 1 is 0.824 bits per heavy atom. The van der Waals surface area contributed by atoms with Crippen molar-refractivity contribution in [2.45, 2.75) is 130 Å². The molecule has 1 aliphatic heterocycles. The molecule has 1 heterocycles. The van der Waals surface area contributed by atoms with Crippen molar-refractivity contribution in [3.63, 3.8) is 0 Å². The standard InChI is InChI=1S/C30H50O4/c1-18(20-9-11-25(2,3)34-20)24-19(32)15-28(6)22-8-7-21-26(4,17-31)23(33)10-12-29(21)16-30(22,29)14-13-27(24,28)5/h18-24,31-33H,7-17H2,1-6H3/t18-,19+,20?,21?,22+,23+,24+,26+,27-,28+,29-,30+/m1/s1. The van der Waals surface area contributed by atoms with E-state index >= 15 is 0 Å². The zero-order valence-electron chi connectivity index (χ0n) is 22.6. The van der Waals surface area contributed by atoms with E-state index in [1.807, 2.05) is 0 Å². The van der Waals surface area contributed by atoms with E-state index in [0.29, 0.717) is 34.5 Å². The summed E-state index contributed by atoms with van der Waals surface area (Å²) in [5.41, 5.74) is 0.579. The second-order valence-electron chi connectivity index (χ2n) is 15.3. The van der Waals surface area contributed by atoms with Crippen molar-refractivity contribution < 1.29 is 20.1 Å². The minimum atomic E-state index is -0.374. The summed E-state index contributed by atoms with van der Waals surface area (Å²) in [5.74, 6) is 1.77. The molecule has 0 radical (unpaired) electrons. The van der Waals surface area contributed by atoms with E-state index in [4.69, 9.17) is 4.74 Å². The molecule has 6 fully saturated rings. The van der Waals surface area contributed by atoms with Crippen LogP contribution in [0.25, 0.3) is 0 Å². The average molecular weight is 475 g/mol. The highest BCUT2D eigenvalue weighted by Gasteiger charge is 2.83. The summed E-state index contributed by atoms with van der Waals surface area (Å²) in [6.45, 7) is 14.1. The second-order valence-corrected chi connectivity index (χ2v) is 15.3. The molecule has 0 aromatic heterocycles. The molecule has 194 valence electrons. The van der Waals surface area contributed by atoms with Crippen LogP contribution in [-0.4, -0.2) is 45.8 Å². The van der Waals surface area contributed by atoms with Gasteiger partial charge in [0.25, 0.3) is 0 Å². The molecule has 4 heteroatoms. The lowest BCUT2D eigenvalue weighted by atomic mass is 9.41. The molecule has 4 nitrogen and oxygen atoms in total. The Morgan fingerprint density at radius 3 is 2.15 bits per heavy atom. The molecule has 34 heavy (non-hydrogen) atoms. The van der Waals surface area contributed by atoms with Gasteiger partial charge in [0, 0.05) is 5.41 Å². The first-order chi connectivity index (χ1) is 15.8. The highest BCUT2D eigenvalue weighted by Crippen LogP contribution is 2.89. The molecule has 2 unspecified atom stereocenters. The molecule has 0 aromatic carbocycles. The molecule has 0 amide bonds. The van der Waals surface area contributed by atoms with E-state index in [2.05, 4.69) is 41.5 Å². The lowest BCUT2D eigenvalue weighted by Crippen LogP contribution is -2.59. The fourth-order valence-corrected chi connectivity index (χ4v) is 12.1. The summed E-state index contributed by atoms with van der Waals surface area (Å²) in [4.78, 5) is 0. The SMILES string of the molecule is C[C@H](C1CCC(C)(C)O1)[C@H]1[C@@H](O)C[C@@]2(C)[C@@H]3CCC4[C@@]5(CC[C@H](O)[C@@]4(C)CO)C[C@@]35CC[C@]12C. The first-order valence-corrected chi connectivity index (χ1v) is 14.5. The van der Waals surface area contributed by atoms with Crippen LogP contribution in [0.2, 0.25) is 0 Å². The first-order valence-electron chi connectivity index (χ1n) is 14.5. The van der Waals surface area contributed by atoms with Crippen LogP contribution in [0.4, 0.5) is 0 Å². The number of rotatable bonds is 3. The van der Waals surface area contributed by atoms with Gasteiger partial charge in [0.15, 0.2) is 0 Å². The fourth-order valence-electron chi connectivity index (χ4n) is 12.1. The lowest BCUT2D eigenvalue weighted by molar-refractivity contribution is -0.177. The molecule has 1 saturated heterocycles. The van der Waals surface area contributed by atoms with Gasteiger partial charge >= 0.3 is 0 Å². The van der Waals surface area contributed by atoms with Gasteiger partial charge in [0.05, 0.1) is 30.5 Å². The van der Waals surface area contributed by atoms with Crippen LogP contribution in [-0.2, 0) is 4.74 Å². The van der Waals surface area contributed by atoms with Gasteiger partial charge in [-0.1, -0.05) is 27.7 Å². The van der Waals surface area contributed by atoms with Crippen molar-refractivity contribution in [2.24, 2.45) is 50.7 Å². The summed E-state index contributed by atoms with van der Waals surface area (Å²) >= 11 is 0. The van der Waals surface area contributed by atoms with Crippen molar-refractivity contribution in [1.82, 2.24) is 0 Å². The smallest absolute Gasteiger partial charge is 0.0631 e. The molecule has 6 aliphatic rings. The number of hydrogen-bond acceptors (Lipinski definition) is 4. The molecule has 6 rings (SSSR count). The van der Waals surface area contributed by atoms with E-state index in [9.17, 15) is 15.3 Å². The minimum Gasteiger partial charge on any atom is -0.396 e. The Bertz CT molecular complexity index is 857. The summed E-state index contributed by atoms with van der Waals surface area (Å²) in [6, 6.07) is 0. The second kappa shape index (κ2) is 7.03. The van der Waals surface area contributed by atoms with Crippen LogP contribution in [0, 0.1) is 50.7 Å². The van der Waals surface area contributed by atoms with Crippen LogP contribution in [0.15, 0.2) is 0 Å². The van der Waals surface area contributed by atoms with Crippen LogP contribution in [0.3, 0.4) is 0 Å². The Kier molecular flexibility index (Phi) is 5.00. The largest absolute Gasteiger partial charge is 0.396 e. The van der Waals surface area contributed by atoms with Gasteiger partial charge in [-0.25, -0.2) is 0 Å². The molecule has 2 spiro atoms. The molecule has 0 bridgehead atoms. The number of fused-ring (bicyclic) bond motifs is 2. The molecule has 0 aromatic rings. The van der Waals surface area contributed by atoms with Gasteiger partial charge in [0.1, 0.15) is 0 Å². The molecule has 3 N–H and O–H groups in total. The van der Waals surface area contributed by atoms with E-state index in [1.165, 1.54) is 25.7 Å². The first kappa shape index (κ1) is 24.2. The predicted octanol–water partition coefficient (Wildman–Crippen LogP) is 5.32. The quantitative estimate of drug-likeness (QED) is 0.517. The monoisotopic (exact) mass is 474 g/mol. The zero-order valence-corrected chi connectivity index (χ0v) is 22.6. The van der Waals surface area contributed by atoms with E-state index in [1.54, 1.807) is 0 Å². The molecule has 5 saturated carbocycles. The Hall–Kier alpha value is -0.160. The van der Waals surface area contributed by atoms with Gasteiger partial charge in [-0.2, -0.15) is 0 Å². The summed E-state index contributed by atoms with van der Waals surface area (Å²) in [7, 11) is 0. The lowest BCUT2D eigenvalue weighted by Gasteiger charge is -2.63. The van der Waals surface area contributed by atoms with Gasteiger partial charge in [0.2, 0.25) is 0 Å². The van der Waals surface area contributed by atoms with Gasteiger partial charge in [-0.3, -0.25) is 0 Å². The van der Waals surface area contributed by atoms with Crippen molar-refractivity contribution in [3.8, 4) is 0 Å². The Morgan fingerprint density at radius 2 is 1.50 bits per heavy atom. The average Bonchev–Trinajstić information content (AvgIpc) is 3.21. The third kappa shape index (κ3) is 2.65. The third-order valence-corrected chi connectivity index (χ3v) is 13.9. The Balaban J connectivity index is 1.32. The normalized spacial score (nSPS) is 60.6. The number of aliphatic hydroxyl groups excluding tert-OH is 3. The molecular weight excluding hydrogens is 424 g/mol. The predicted molar refractivity (Wildman–Crippen MR) is 133 cm³/mol. The van der Waals surface area contributed by atoms with Crippen molar-refractivity contribution in [2.75, 3.05) is 6.61 Å². The van der Waals surface area contributed by atoms with Crippen LogP contribution >= 0.6 is 0 Å². The third-order valence-electron chi connectivity index (χ3n) is 13.9. The highest BCUT2D eigenvalue weighted by molar-refractivity contribution is 5.31. The maximum absolute atomic E-state index is 11.7. The molecule has 12 atom stereocenters. The summed E-state index contributed by atoms with van der Waals surface area (Å²) in [5, 5.41) is 33.0. The van der Waals surface area contributed by atoms with Crippen LogP contribution in [0.1, 0.15) is 106 Å². The van der Waals surface area contributed by atoms with Gasteiger partial charge in [-0.05, 0) is 123 Å². The number of hydrogen-bond donors (Lipinski definition) is 3. The van der Waals surface area contributed by atoms with Crippen LogP contribution in [0.5, 0.6) is 0 Å². The molecule has 5 aliphatic carbocycles. The van der Waals surface area contributed by atoms with E-state index < -0.39 is 0 Å². The molecular formula is C30H50O4. The van der Waals surface area contributed by atoms with E-state index in [0.717, 1.165) is 38.5 Å². The maximum Gasteiger partial charge on any atom is 0.0631 e. The zero-order chi connectivity index (χ0) is 24.5. The topological polar surface area (TPSA) is 69.9 Å². The maximum atomic E-state index is 11.7. The van der Waals surface area contributed by atoms with Crippen molar-refractivity contribution in [1.29, 1.82) is 0 Å². The van der Waals surface area contributed by atoms with Gasteiger partial charge in [-0.15, -0.1) is 0 Å². The number of ether oxygens (including phenoxy) is 1. The fraction of sp³-hybridized carbons (Fsp3) is 1.00. The van der Waals surface area contributed by atoms with E-state index in [-0.39, 0.29) is 46.8 Å². The van der Waals surface area contributed by atoms with Crippen LogP contribution < -0.4 is 0 Å². The minimum absolute atomic E-state index is 0.0347. The Labute approximate surface area is 207 Å². The van der Waals surface area contributed by atoms with Crippen molar-refractivity contribution >= 4 is 0 Å². The van der Waals surface area contributed by atoms with Crippen molar-refractivity contribution in [3.05, 3.63) is 0 Å². The highest BCUT2D eigenvalue weighted by atomic mass is 16.5. The summed E-state index contributed by atoms with van der Waals surface area (Å²) in [6.07, 6.45) is 10.9. The summed E-state index contributed by atoms with van der Waals surface area (Å²) < 4.78 is 6.52. The van der Waals surface area contributed by atoms with Gasteiger partial charge < -0.3 is 20.1 Å². The number of aliphatic hydroxyl groups is 3.